The summed E-state index contributed by atoms with van der Waals surface area (Å²) in [6.45, 7) is 1.98. The third kappa shape index (κ3) is 1.50. The predicted octanol–water partition coefficient (Wildman–Crippen LogP) is 0.959. The van der Waals surface area contributed by atoms with Gasteiger partial charge in [-0.25, -0.2) is 4.98 Å². The van der Waals surface area contributed by atoms with Crippen molar-refractivity contribution in [3.63, 3.8) is 0 Å². The molecule has 5 heteroatoms. The number of fused-ring (bicyclic) bond motifs is 1. The molecule has 0 aliphatic carbocycles. The molecule has 0 aromatic carbocycles. The molecule has 2 aliphatic heterocycles. The van der Waals surface area contributed by atoms with Crippen LogP contribution in [0.4, 0.5) is 0 Å². The molecule has 80 valence electrons. The average molecular weight is 224 g/mol. The van der Waals surface area contributed by atoms with Crippen LogP contribution in [0.2, 0.25) is 0 Å². The molecule has 3 heterocycles. The molecule has 0 N–H and O–H groups in total. The summed E-state index contributed by atoms with van der Waals surface area (Å²) < 4.78 is 7.30. The number of rotatable bonds is 2. The van der Waals surface area contributed by atoms with Gasteiger partial charge in [0.1, 0.15) is 18.1 Å². The lowest BCUT2D eigenvalue weighted by molar-refractivity contribution is 0.0775. The number of Topliss-reactive ketones (excluding diaryl/α,β-unsaturated/α-hetero) is 1. The summed E-state index contributed by atoms with van der Waals surface area (Å²) in [5.41, 5.74) is 0.776. The van der Waals surface area contributed by atoms with Gasteiger partial charge in [-0.3, -0.25) is 4.79 Å². The van der Waals surface area contributed by atoms with Crippen molar-refractivity contribution in [2.24, 2.45) is 5.92 Å². The van der Waals surface area contributed by atoms with Gasteiger partial charge in [0.2, 0.25) is 0 Å². The second-order valence-corrected chi connectivity index (χ2v) is 4.94. The molecule has 1 aromatic rings. The lowest BCUT2D eigenvalue weighted by Gasteiger charge is -2.24. The maximum atomic E-state index is 12.0. The number of nitrogens with zero attached hydrogens (tertiary/aromatic N) is 2. The van der Waals surface area contributed by atoms with E-state index in [2.05, 4.69) is 4.98 Å². The smallest absolute Gasteiger partial charge is 0.185 e. The van der Waals surface area contributed by atoms with Gasteiger partial charge >= 0.3 is 0 Å². The zero-order valence-electron chi connectivity index (χ0n) is 8.31. The van der Waals surface area contributed by atoms with Gasteiger partial charge in [-0.15, -0.1) is 0 Å². The van der Waals surface area contributed by atoms with E-state index >= 15 is 0 Å². The number of thioether (sulfide) groups is 1. The number of carbonyl (C=O) groups is 1. The third-order valence-corrected chi connectivity index (χ3v) is 4.17. The van der Waals surface area contributed by atoms with Crippen LogP contribution in [0.5, 0.6) is 0 Å². The van der Waals surface area contributed by atoms with Crippen LogP contribution in [-0.4, -0.2) is 33.4 Å². The molecule has 0 spiro atoms. The molecule has 0 amide bonds. The van der Waals surface area contributed by atoms with Gasteiger partial charge in [0.15, 0.2) is 5.78 Å². The minimum absolute atomic E-state index is 0.221. The van der Waals surface area contributed by atoms with Crippen molar-refractivity contribution >= 4 is 17.5 Å². The van der Waals surface area contributed by atoms with E-state index in [4.69, 9.17) is 4.74 Å². The zero-order chi connectivity index (χ0) is 10.3. The predicted molar refractivity (Wildman–Crippen MR) is 57.0 cm³/mol. The van der Waals surface area contributed by atoms with E-state index in [1.807, 2.05) is 16.3 Å². The van der Waals surface area contributed by atoms with Crippen LogP contribution < -0.4 is 0 Å². The Bertz CT molecular complexity index is 398. The molecule has 1 aromatic heterocycles. The van der Waals surface area contributed by atoms with Gasteiger partial charge < -0.3 is 9.30 Å². The molecule has 0 bridgehead atoms. The van der Waals surface area contributed by atoms with Gasteiger partial charge in [-0.2, -0.15) is 11.8 Å². The first kappa shape index (κ1) is 9.42. The van der Waals surface area contributed by atoms with Gasteiger partial charge in [0.25, 0.3) is 0 Å². The van der Waals surface area contributed by atoms with Crippen molar-refractivity contribution in [1.82, 2.24) is 9.55 Å². The second-order valence-electron chi connectivity index (χ2n) is 3.86. The minimum Gasteiger partial charge on any atom is -0.372 e. The Balaban J connectivity index is 1.90. The Hall–Kier alpha value is -0.810. The Morgan fingerprint density at radius 3 is 3.20 bits per heavy atom. The van der Waals surface area contributed by atoms with Crippen LogP contribution in [0.1, 0.15) is 16.3 Å². The highest BCUT2D eigenvalue weighted by molar-refractivity contribution is 8.00. The van der Waals surface area contributed by atoms with Crippen molar-refractivity contribution in [2.45, 2.75) is 13.2 Å². The Morgan fingerprint density at radius 2 is 2.47 bits per heavy atom. The lowest BCUT2D eigenvalue weighted by atomic mass is 10.1. The summed E-state index contributed by atoms with van der Waals surface area (Å²) in [5.74, 6) is 3.30. The van der Waals surface area contributed by atoms with Crippen LogP contribution in [-0.2, 0) is 17.9 Å². The van der Waals surface area contributed by atoms with Crippen LogP contribution in [0.25, 0.3) is 0 Å². The normalized spacial score (nSPS) is 20.8. The van der Waals surface area contributed by atoms with Crippen LogP contribution >= 0.6 is 11.8 Å². The standard InChI is InChI=1S/C10H12N2O2S/c13-10(7-5-15-6-7)8-3-11-9-4-14-2-1-12(8)9/h3,7H,1-2,4-6H2. The summed E-state index contributed by atoms with van der Waals surface area (Å²) in [6.07, 6.45) is 1.70. The van der Waals surface area contributed by atoms with E-state index in [1.54, 1.807) is 6.20 Å². The van der Waals surface area contributed by atoms with E-state index in [-0.39, 0.29) is 11.7 Å². The fourth-order valence-electron chi connectivity index (χ4n) is 1.89. The van der Waals surface area contributed by atoms with Crippen molar-refractivity contribution in [2.75, 3.05) is 18.1 Å². The molecule has 0 atom stereocenters. The van der Waals surface area contributed by atoms with E-state index in [1.165, 1.54) is 0 Å². The highest BCUT2D eigenvalue weighted by atomic mass is 32.2. The van der Waals surface area contributed by atoms with Crippen LogP contribution in [0, 0.1) is 5.92 Å². The van der Waals surface area contributed by atoms with E-state index in [0.29, 0.717) is 13.2 Å². The average Bonchev–Trinajstić information content (AvgIpc) is 2.58. The van der Waals surface area contributed by atoms with Gasteiger partial charge in [0.05, 0.1) is 12.8 Å². The number of imidazole rings is 1. The number of carbonyl (C=O) groups excluding carboxylic acids is 1. The first-order valence-electron chi connectivity index (χ1n) is 5.10. The first-order chi connectivity index (χ1) is 7.36. The van der Waals surface area contributed by atoms with Crippen LogP contribution in [0.3, 0.4) is 0 Å². The summed E-state index contributed by atoms with van der Waals surface area (Å²) in [6, 6.07) is 0. The second kappa shape index (κ2) is 3.64. The molecule has 1 fully saturated rings. The molecule has 0 radical (unpaired) electrons. The molecule has 0 unspecified atom stereocenters. The fraction of sp³-hybridized carbons (Fsp3) is 0.600. The Labute approximate surface area is 92.0 Å². The van der Waals surface area contributed by atoms with Crippen molar-refractivity contribution in [3.05, 3.63) is 17.7 Å². The highest BCUT2D eigenvalue weighted by Crippen LogP contribution is 2.28. The topological polar surface area (TPSA) is 44.1 Å². The fourth-order valence-corrected chi connectivity index (χ4v) is 2.67. The van der Waals surface area contributed by atoms with Crippen LogP contribution in [0.15, 0.2) is 6.20 Å². The molecule has 4 nitrogen and oxygen atoms in total. The van der Waals surface area contributed by atoms with Gasteiger partial charge in [-0.1, -0.05) is 0 Å². The molecule has 0 saturated carbocycles. The van der Waals surface area contributed by atoms with Crippen molar-refractivity contribution in [3.8, 4) is 0 Å². The lowest BCUT2D eigenvalue weighted by Crippen LogP contribution is -2.30. The van der Waals surface area contributed by atoms with Crippen molar-refractivity contribution in [1.29, 1.82) is 0 Å². The zero-order valence-corrected chi connectivity index (χ0v) is 9.13. The van der Waals surface area contributed by atoms with Crippen molar-refractivity contribution < 1.29 is 9.53 Å². The molecular weight excluding hydrogens is 212 g/mol. The first-order valence-corrected chi connectivity index (χ1v) is 6.26. The molecular formula is C10H12N2O2S. The number of ether oxygens (including phenoxy) is 1. The molecule has 1 saturated heterocycles. The molecule has 3 rings (SSSR count). The number of hydrogen-bond acceptors (Lipinski definition) is 4. The van der Waals surface area contributed by atoms with Gasteiger partial charge in [-0.05, 0) is 0 Å². The van der Waals surface area contributed by atoms with Gasteiger partial charge in [0, 0.05) is 24.0 Å². The largest absolute Gasteiger partial charge is 0.372 e. The Morgan fingerprint density at radius 1 is 1.60 bits per heavy atom. The Kier molecular flexibility index (Phi) is 2.29. The summed E-state index contributed by atoms with van der Waals surface area (Å²) in [4.78, 5) is 16.3. The summed E-state index contributed by atoms with van der Waals surface area (Å²) >= 11 is 1.83. The number of aromatic nitrogens is 2. The maximum absolute atomic E-state index is 12.0. The molecule has 15 heavy (non-hydrogen) atoms. The minimum atomic E-state index is 0.221. The quantitative estimate of drug-likeness (QED) is 0.702. The summed E-state index contributed by atoms with van der Waals surface area (Å²) in [7, 11) is 0. The van der Waals surface area contributed by atoms with E-state index in [9.17, 15) is 4.79 Å². The SMILES string of the molecule is O=C(c1cnc2n1CCOC2)C1CSC1. The van der Waals surface area contributed by atoms with E-state index in [0.717, 1.165) is 29.6 Å². The number of hydrogen-bond donors (Lipinski definition) is 0. The van der Waals surface area contributed by atoms with E-state index < -0.39 is 0 Å². The molecule has 2 aliphatic rings. The summed E-state index contributed by atoms with van der Waals surface area (Å²) in [5, 5.41) is 0. The maximum Gasteiger partial charge on any atom is 0.185 e. The highest BCUT2D eigenvalue weighted by Gasteiger charge is 2.30. The monoisotopic (exact) mass is 224 g/mol. The third-order valence-electron chi connectivity index (χ3n) is 2.89. The number of ketones is 1.